The molecule has 1 N–H and O–H groups in total. The van der Waals surface area contributed by atoms with E-state index in [2.05, 4.69) is 75.0 Å². The number of imidazole rings is 1. The van der Waals surface area contributed by atoms with Crippen LogP contribution in [0.5, 0.6) is 0 Å². The molecule has 0 aliphatic carbocycles. The zero-order valence-electron chi connectivity index (χ0n) is 22.6. The third kappa shape index (κ3) is 8.47. The number of hydrogen-bond donors (Lipinski definition) is 1. The summed E-state index contributed by atoms with van der Waals surface area (Å²) in [6, 6.07) is 20.6. The quantitative estimate of drug-likeness (QED) is 0.198. The highest BCUT2D eigenvalue weighted by Crippen LogP contribution is 2.16. The van der Waals surface area contributed by atoms with Gasteiger partial charge in [-0.3, -0.25) is 19.6 Å². The van der Waals surface area contributed by atoms with Gasteiger partial charge in [0.25, 0.3) is 0 Å². The van der Waals surface area contributed by atoms with Crippen LogP contribution in [0.2, 0.25) is 0 Å². The Morgan fingerprint density at radius 1 is 0.684 bits per heavy atom. The zero-order valence-corrected chi connectivity index (χ0v) is 22.6. The number of carbonyl (C=O) groups is 1. The monoisotopic (exact) mass is 509 g/mol. The summed E-state index contributed by atoms with van der Waals surface area (Å²) in [5.74, 6) is 1.08. The van der Waals surface area contributed by atoms with Crippen LogP contribution in [-0.2, 0) is 32.6 Å². The minimum absolute atomic E-state index is 0.145. The Bertz CT molecular complexity index is 1220. The van der Waals surface area contributed by atoms with Crippen LogP contribution >= 0.6 is 0 Å². The molecule has 6 heteroatoms. The largest absolute Gasteiger partial charge is 0.348 e. The van der Waals surface area contributed by atoms with Crippen LogP contribution in [0.3, 0.4) is 0 Å². The summed E-state index contributed by atoms with van der Waals surface area (Å²) in [6.45, 7) is 9.91. The maximum Gasteiger partial charge on any atom is 0.167 e. The first-order chi connectivity index (χ1) is 18.6. The van der Waals surface area contributed by atoms with Gasteiger partial charge in [0, 0.05) is 56.4 Å². The number of rotatable bonds is 15. The first kappa shape index (κ1) is 27.4. The van der Waals surface area contributed by atoms with Crippen molar-refractivity contribution in [1.82, 2.24) is 24.8 Å². The summed E-state index contributed by atoms with van der Waals surface area (Å²) < 4.78 is 0. The standard InChI is InChI=1S/C32H39N5O/c1-3-19-36(20-4-2)22-27-7-5-26(6-8-27)21-31(38)30-11-9-28(10-12-30)23-37(25-32-34-17-18-35-32)24-29-13-15-33-16-14-29/h5-18H,3-4,19-25H2,1-2H3,(H,34,35). The molecule has 198 valence electrons. The molecule has 0 fully saturated rings. The molecule has 2 heterocycles. The fourth-order valence-corrected chi connectivity index (χ4v) is 4.78. The Labute approximate surface area is 226 Å². The van der Waals surface area contributed by atoms with Crippen molar-refractivity contribution in [2.24, 2.45) is 0 Å². The third-order valence-corrected chi connectivity index (χ3v) is 6.64. The molecule has 38 heavy (non-hydrogen) atoms. The van der Waals surface area contributed by atoms with Gasteiger partial charge in [0.1, 0.15) is 5.82 Å². The summed E-state index contributed by atoms with van der Waals surface area (Å²) in [5, 5.41) is 0. The number of benzene rings is 2. The van der Waals surface area contributed by atoms with E-state index < -0.39 is 0 Å². The van der Waals surface area contributed by atoms with Crippen LogP contribution < -0.4 is 0 Å². The molecule has 0 bridgehead atoms. The first-order valence-electron chi connectivity index (χ1n) is 13.6. The van der Waals surface area contributed by atoms with Crippen molar-refractivity contribution in [2.45, 2.75) is 59.3 Å². The molecule has 0 saturated carbocycles. The van der Waals surface area contributed by atoms with Crippen LogP contribution in [0, 0.1) is 0 Å². The van der Waals surface area contributed by atoms with Crippen LogP contribution in [0.1, 0.15) is 65.1 Å². The molecular formula is C32H39N5O. The number of Topliss-reactive ketones (excluding diaryl/α,β-unsaturated/α-hetero) is 1. The van der Waals surface area contributed by atoms with Crippen molar-refractivity contribution in [3.63, 3.8) is 0 Å². The maximum atomic E-state index is 13.0. The molecule has 4 rings (SSSR count). The molecule has 0 aliphatic rings. The molecule has 0 unspecified atom stereocenters. The fraction of sp³-hybridized carbons (Fsp3) is 0.344. The summed E-state index contributed by atoms with van der Waals surface area (Å²) >= 11 is 0. The van der Waals surface area contributed by atoms with Gasteiger partial charge in [-0.1, -0.05) is 62.4 Å². The number of pyridine rings is 1. The van der Waals surface area contributed by atoms with Gasteiger partial charge >= 0.3 is 0 Å². The second kappa shape index (κ2) is 14.4. The number of aromatic nitrogens is 3. The van der Waals surface area contributed by atoms with Gasteiger partial charge in [0.2, 0.25) is 0 Å². The number of carbonyl (C=O) groups excluding carboxylic acids is 1. The lowest BCUT2D eigenvalue weighted by Crippen LogP contribution is -2.24. The van der Waals surface area contributed by atoms with Crippen LogP contribution in [0.25, 0.3) is 0 Å². The summed E-state index contributed by atoms with van der Waals surface area (Å²) in [7, 11) is 0. The van der Waals surface area contributed by atoms with Gasteiger partial charge in [0.05, 0.1) is 6.54 Å². The van der Waals surface area contributed by atoms with Gasteiger partial charge < -0.3 is 4.98 Å². The summed E-state index contributed by atoms with van der Waals surface area (Å²) in [4.78, 5) is 29.5. The van der Waals surface area contributed by atoms with E-state index in [0.29, 0.717) is 13.0 Å². The van der Waals surface area contributed by atoms with Crippen molar-refractivity contribution in [3.05, 3.63) is 119 Å². The SMILES string of the molecule is CCCN(CCC)Cc1ccc(CC(=O)c2ccc(CN(Cc3ccncc3)Cc3ncc[nH]3)cc2)cc1. The molecule has 2 aromatic carbocycles. The number of aromatic amines is 1. The Morgan fingerprint density at radius 2 is 1.24 bits per heavy atom. The first-order valence-corrected chi connectivity index (χ1v) is 13.6. The second-order valence-corrected chi connectivity index (χ2v) is 9.93. The van der Waals surface area contributed by atoms with Crippen LogP contribution in [0.15, 0.2) is 85.5 Å². The lowest BCUT2D eigenvalue weighted by atomic mass is 10.0. The molecule has 0 saturated heterocycles. The topological polar surface area (TPSA) is 65.1 Å². The van der Waals surface area contributed by atoms with E-state index in [4.69, 9.17) is 0 Å². The average Bonchev–Trinajstić information content (AvgIpc) is 3.44. The predicted molar refractivity (Wildman–Crippen MR) is 153 cm³/mol. The van der Waals surface area contributed by atoms with Crippen LogP contribution in [0.4, 0.5) is 0 Å². The minimum Gasteiger partial charge on any atom is -0.348 e. The van der Waals surface area contributed by atoms with E-state index >= 15 is 0 Å². The van der Waals surface area contributed by atoms with Gasteiger partial charge in [-0.15, -0.1) is 0 Å². The Morgan fingerprint density at radius 3 is 1.82 bits per heavy atom. The van der Waals surface area contributed by atoms with E-state index in [9.17, 15) is 4.79 Å². The van der Waals surface area contributed by atoms with E-state index in [0.717, 1.165) is 68.1 Å². The number of nitrogens with one attached hydrogen (secondary N) is 1. The highest BCUT2D eigenvalue weighted by molar-refractivity contribution is 5.97. The molecule has 4 aromatic rings. The van der Waals surface area contributed by atoms with E-state index in [1.807, 2.05) is 42.9 Å². The van der Waals surface area contributed by atoms with E-state index in [1.165, 1.54) is 11.1 Å². The minimum atomic E-state index is 0.145. The van der Waals surface area contributed by atoms with Crippen molar-refractivity contribution < 1.29 is 4.79 Å². The van der Waals surface area contributed by atoms with Gasteiger partial charge in [0.15, 0.2) is 5.78 Å². The normalized spacial score (nSPS) is 11.4. The highest BCUT2D eigenvalue weighted by atomic mass is 16.1. The molecule has 0 atom stereocenters. The number of H-pyrrole nitrogens is 1. The van der Waals surface area contributed by atoms with E-state index in [1.54, 1.807) is 6.20 Å². The molecule has 6 nitrogen and oxygen atoms in total. The van der Waals surface area contributed by atoms with Crippen molar-refractivity contribution >= 4 is 5.78 Å². The Kier molecular flexibility index (Phi) is 10.4. The lowest BCUT2D eigenvalue weighted by molar-refractivity contribution is 0.0993. The Balaban J connectivity index is 1.35. The summed E-state index contributed by atoms with van der Waals surface area (Å²) in [5.41, 5.74) is 5.48. The van der Waals surface area contributed by atoms with E-state index in [-0.39, 0.29) is 5.78 Å². The number of ketones is 1. The molecule has 2 aromatic heterocycles. The summed E-state index contributed by atoms with van der Waals surface area (Å²) in [6.07, 6.45) is 10.0. The molecular weight excluding hydrogens is 470 g/mol. The van der Waals surface area contributed by atoms with Crippen molar-refractivity contribution in [2.75, 3.05) is 13.1 Å². The third-order valence-electron chi connectivity index (χ3n) is 6.64. The number of nitrogens with zero attached hydrogens (tertiary/aromatic N) is 4. The Hall–Kier alpha value is -3.61. The molecule has 0 amide bonds. The molecule has 0 radical (unpaired) electrons. The maximum absolute atomic E-state index is 13.0. The van der Waals surface area contributed by atoms with Crippen molar-refractivity contribution in [1.29, 1.82) is 0 Å². The van der Waals surface area contributed by atoms with Gasteiger partial charge in [-0.2, -0.15) is 0 Å². The second-order valence-electron chi connectivity index (χ2n) is 9.93. The lowest BCUT2D eigenvalue weighted by Gasteiger charge is -2.21. The smallest absolute Gasteiger partial charge is 0.167 e. The predicted octanol–water partition coefficient (Wildman–Crippen LogP) is 6.05. The molecule has 0 spiro atoms. The number of hydrogen-bond acceptors (Lipinski definition) is 5. The average molecular weight is 510 g/mol. The zero-order chi connectivity index (χ0) is 26.6. The molecule has 0 aliphatic heterocycles. The van der Waals surface area contributed by atoms with Gasteiger partial charge in [-0.05, 0) is 60.3 Å². The highest BCUT2D eigenvalue weighted by Gasteiger charge is 2.12. The fourth-order valence-electron chi connectivity index (χ4n) is 4.78. The van der Waals surface area contributed by atoms with Crippen molar-refractivity contribution in [3.8, 4) is 0 Å². The van der Waals surface area contributed by atoms with Gasteiger partial charge in [-0.25, -0.2) is 4.98 Å². The van der Waals surface area contributed by atoms with Crippen LogP contribution in [-0.4, -0.2) is 43.6 Å².